The average Bonchev–Trinajstić information content (AvgIpc) is 2.35. The quantitative estimate of drug-likeness (QED) is 0.617. The molecule has 18 heavy (non-hydrogen) atoms. The highest BCUT2D eigenvalue weighted by Crippen LogP contribution is 2.38. The predicted octanol–water partition coefficient (Wildman–Crippen LogP) is 4.59. The predicted molar refractivity (Wildman–Crippen MR) is 80.3 cm³/mol. The molecule has 0 aliphatic carbocycles. The summed E-state index contributed by atoms with van der Waals surface area (Å²) in [7, 11) is 0. The molecule has 0 spiro atoms. The van der Waals surface area contributed by atoms with Gasteiger partial charge in [0, 0.05) is 9.37 Å². The van der Waals surface area contributed by atoms with E-state index in [0.717, 1.165) is 9.37 Å². The minimum Gasteiger partial charge on any atom is -0.307 e. The zero-order chi connectivity index (χ0) is 13.1. The number of nitrogens with one attached hydrogen (secondary N) is 1. The number of pyridine rings is 1. The zero-order valence-corrected chi connectivity index (χ0v) is 12.9. The number of halogens is 3. The van der Waals surface area contributed by atoms with Gasteiger partial charge in [-0.3, -0.25) is 0 Å². The van der Waals surface area contributed by atoms with Gasteiger partial charge < -0.3 is 5.43 Å². The van der Waals surface area contributed by atoms with Gasteiger partial charge in [0.15, 0.2) is 5.82 Å². The third-order valence-electron chi connectivity index (χ3n) is 2.08. The van der Waals surface area contributed by atoms with Gasteiger partial charge >= 0.3 is 0 Å². The number of nitrogens with zero attached hydrogens (tertiary/aromatic N) is 1. The lowest BCUT2D eigenvalue weighted by molar-refractivity contribution is 1.10. The van der Waals surface area contributed by atoms with E-state index < -0.39 is 0 Å². The van der Waals surface area contributed by atoms with E-state index in [4.69, 9.17) is 29.0 Å². The number of aromatic nitrogens is 1. The summed E-state index contributed by atoms with van der Waals surface area (Å²) in [5.41, 5.74) is 2.44. The second kappa shape index (κ2) is 6.12. The van der Waals surface area contributed by atoms with Crippen LogP contribution in [-0.2, 0) is 0 Å². The van der Waals surface area contributed by atoms with Gasteiger partial charge in [-0.15, -0.1) is 0 Å². The molecular weight excluding hydrogens is 357 g/mol. The molecule has 1 aromatic heterocycles. The monoisotopic (exact) mass is 363 g/mol. The Balaban J connectivity index is 2.38. The zero-order valence-electron chi connectivity index (χ0n) is 8.95. The second-order valence-corrected chi connectivity index (χ2v) is 5.98. The normalized spacial score (nSPS) is 10.4. The molecule has 7 heteroatoms. The Bertz CT molecular complexity index is 580. The fourth-order valence-corrected chi connectivity index (χ4v) is 3.12. The number of hydrogen-bond donors (Lipinski definition) is 2. The summed E-state index contributed by atoms with van der Waals surface area (Å²) in [6.45, 7) is 0. The molecule has 2 aromatic rings. The largest absolute Gasteiger partial charge is 0.307 e. The molecule has 0 unspecified atom stereocenters. The number of benzene rings is 1. The van der Waals surface area contributed by atoms with Crippen molar-refractivity contribution in [1.82, 2.24) is 4.98 Å². The number of rotatable bonds is 3. The maximum Gasteiger partial charge on any atom is 0.160 e. The lowest BCUT2D eigenvalue weighted by atomic mass is 10.4. The van der Waals surface area contributed by atoms with Crippen molar-refractivity contribution < 1.29 is 0 Å². The Hall–Kier alpha value is -0.460. The van der Waals surface area contributed by atoms with E-state index in [9.17, 15) is 0 Å². The molecule has 2 rings (SSSR count). The van der Waals surface area contributed by atoms with Crippen LogP contribution in [0, 0.1) is 0 Å². The van der Waals surface area contributed by atoms with Crippen LogP contribution < -0.4 is 11.3 Å². The summed E-state index contributed by atoms with van der Waals surface area (Å²) in [5.74, 6) is 5.73. The first-order chi connectivity index (χ1) is 8.61. The number of hydrazine groups is 1. The van der Waals surface area contributed by atoms with Crippen molar-refractivity contribution in [2.24, 2.45) is 5.84 Å². The molecule has 0 aliphatic heterocycles. The van der Waals surface area contributed by atoms with Gasteiger partial charge in [-0.05, 0) is 34.1 Å². The SMILES string of the molecule is NNc1nc(Sc2ccccc2Br)c(Cl)cc1Cl. The van der Waals surface area contributed by atoms with E-state index in [1.54, 1.807) is 6.07 Å². The molecule has 0 saturated heterocycles. The molecule has 0 aliphatic rings. The smallest absolute Gasteiger partial charge is 0.160 e. The molecule has 1 aromatic carbocycles. The van der Waals surface area contributed by atoms with Crippen molar-refractivity contribution >= 4 is 56.7 Å². The molecule has 1 heterocycles. The highest BCUT2D eigenvalue weighted by atomic mass is 79.9. The Morgan fingerprint density at radius 2 is 1.94 bits per heavy atom. The van der Waals surface area contributed by atoms with E-state index in [2.05, 4.69) is 26.3 Å². The maximum atomic E-state index is 6.11. The number of nitrogens with two attached hydrogens (primary N) is 1. The van der Waals surface area contributed by atoms with Gasteiger partial charge in [-0.2, -0.15) is 0 Å². The van der Waals surface area contributed by atoms with E-state index in [-0.39, 0.29) is 0 Å². The van der Waals surface area contributed by atoms with E-state index >= 15 is 0 Å². The van der Waals surface area contributed by atoms with Crippen molar-refractivity contribution in [2.75, 3.05) is 5.43 Å². The highest BCUT2D eigenvalue weighted by molar-refractivity contribution is 9.10. The van der Waals surface area contributed by atoms with Crippen LogP contribution in [0.25, 0.3) is 0 Å². The number of hydrogen-bond acceptors (Lipinski definition) is 4. The highest BCUT2D eigenvalue weighted by Gasteiger charge is 2.11. The van der Waals surface area contributed by atoms with Crippen molar-refractivity contribution in [1.29, 1.82) is 0 Å². The van der Waals surface area contributed by atoms with Crippen molar-refractivity contribution in [3.63, 3.8) is 0 Å². The van der Waals surface area contributed by atoms with Crippen LogP contribution in [0.5, 0.6) is 0 Å². The fraction of sp³-hybridized carbons (Fsp3) is 0. The van der Waals surface area contributed by atoms with Gasteiger partial charge in [0.25, 0.3) is 0 Å². The summed E-state index contributed by atoms with van der Waals surface area (Å²) in [6.07, 6.45) is 0. The summed E-state index contributed by atoms with van der Waals surface area (Å²) in [6, 6.07) is 9.42. The van der Waals surface area contributed by atoms with E-state index in [1.807, 2.05) is 24.3 Å². The molecule has 3 nitrogen and oxygen atoms in total. The van der Waals surface area contributed by atoms with Crippen LogP contribution >= 0.6 is 50.9 Å². The first-order valence-corrected chi connectivity index (χ1v) is 7.23. The molecule has 0 fully saturated rings. The van der Waals surface area contributed by atoms with Gasteiger partial charge in [0.2, 0.25) is 0 Å². The Morgan fingerprint density at radius 3 is 2.61 bits per heavy atom. The van der Waals surface area contributed by atoms with Crippen LogP contribution in [0.1, 0.15) is 0 Å². The van der Waals surface area contributed by atoms with Crippen molar-refractivity contribution in [3.8, 4) is 0 Å². The topological polar surface area (TPSA) is 50.9 Å². The van der Waals surface area contributed by atoms with Gasteiger partial charge in [0.05, 0.1) is 10.0 Å². The summed E-state index contributed by atoms with van der Waals surface area (Å²) in [4.78, 5) is 5.28. The average molecular weight is 365 g/mol. The molecular formula is C11H8BrCl2N3S. The molecule has 0 amide bonds. The van der Waals surface area contributed by atoms with E-state index in [0.29, 0.717) is 20.9 Å². The Kier molecular flexibility index (Phi) is 4.75. The molecule has 0 radical (unpaired) electrons. The maximum absolute atomic E-state index is 6.11. The van der Waals surface area contributed by atoms with Crippen LogP contribution in [0.15, 0.2) is 44.7 Å². The minimum absolute atomic E-state index is 0.388. The number of nitrogen functional groups attached to an aromatic ring is 1. The van der Waals surface area contributed by atoms with Gasteiger partial charge in [0.1, 0.15) is 5.03 Å². The third kappa shape index (κ3) is 3.10. The van der Waals surface area contributed by atoms with Gasteiger partial charge in [-0.25, -0.2) is 10.8 Å². The van der Waals surface area contributed by atoms with E-state index in [1.165, 1.54) is 11.8 Å². The summed E-state index contributed by atoms with van der Waals surface area (Å²) >= 11 is 16.9. The Morgan fingerprint density at radius 1 is 1.22 bits per heavy atom. The van der Waals surface area contributed by atoms with Crippen LogP contribution in [0.3, 0.4) is 0 Å². The van der Waals surface area contributed by atoms with Crippen LogP contribution in [0.2, 0.25) is 10.0 Å². The minimum atomic E-state index is 0.388. The van der Waals surface area contributed by atoms with Crippen molar-refractivity contribution in [2.45, 2.75) is 9.92 Å². The third-order valence-corrected chi connectivity index (χ3v) is 4.80. The van der Waals surface area contributed by atoms with Crippen LogP contribution in [-0.4, -0.2) is 4.98 Å². The molecule has 94 valence electrons. The second-order valence-electron chi connectivity index (χ2n) is 3.28. The summed E-state index contributed by atoms with van der Waals surface area (Å²) < 4.78 is 0.977. The van der Waals surface area contributed by atoms with Crippen LogP contribution in [0.4, 0.5) is 5.82 Å². The van der Waals surface area contributed by atoms with Crippen molar-refractivity contribution in [3.05, 3.63) is 44.8 Å². The molecule has 0 bridgehead atoms. The molecule has 0 atom stereocenters. The standard InChI is InChI=1S/C11H8BrCl2N3S/c12-6-3-1-2-4-9(6)18-11-8(14)5-7(13)10(16-11)17-15/h1-5H,15H2,(H,16,17). The molecule has 3 N–H and O–H groups in total. The lowest BCUT2D eigenvalue weighted by Gasteiger charge is -2.08. The summed E-state index contributed by atoms with van der Waals surface area (Å²) in [5, 5.41) is 1.51. The van der Waals surface area contributed by atoms with Gasteiger partial charge in [-0.1, -0.05) is 47.1 Å². The first-order valence-electron chi connectivity index (χ1n) is 4.87. The number of anilines is 1. The Labute approximate surface area is 127 Å². The first kappa shape index (κ1) is 14.0. The molecule has 0 saturated carbocycles. The fourth-order valence-electron chi connectivity index (χ4n) is 1.25. The lowest BCUT2D eigenvalue weighted by Crippen LogP contribution is -2.09.